The molecule has 12 N–H and O–H groups in total. The van der Waals surface area contributed by atoms with Crippen LogP contribution in [0.4, 0.5) is 0 Å². The van der Waals surface area contributed by atoms with E-state index in [0.717, 1.165) is 0 Å². The highest BCUT2D eigenvalue weighted by Crippen LogP contribution is 2.13. The Bertz CT molecular complexity index is 549. The number of aliphatic hydroxyl groups is 3. The van der Waals surface area contributed by atoms with Gasteiger partial charge in [-0.05, 0) is 0 Å². The van der Waals surface area contributed by atoms with Crippen molar-refractivity contribution < 1.29 is 45.2 Å². The summed E-state index contributed by atoms with van der Waals surface area (Å²) in [6.45, 7) is -0.943. The van der Waals surface area contributed by atoms with Crippen LogP contribution in [0.5, 0.6) is 0 Å². The van der Waals surface area contributed by atoms with Gasteiger partial charge in [-0.2, -0.15) is 0 Å². The Morgan fingerprint density at radius 3 is 1.53 bits per heavy atom. The van der Waals surface area contributed by atoms with Gasteiger partial charge in [0.1, 0.15) is 41.9 Å². The van der Waals surface area contributed by atoms with E-state index in [-0.39, 0.29) is 63.2 Å². The Hall–Kier alpha value is -2.43. The highest BCUT2D eigenvalue weighted by Gasteiger charge is 2.33. The van der Waals surface area contributed by atoms with E-state index in [2.05, 4.69) is 15.5 Å². The van der Waals surface area contributed by atoms with Crippen LogP contribution in [0.25, 0.3) is 0 Å². The minimum absolute atomic E-state index is 0.0342. The molecule has 0 aromatic carbocycles. The molecule has 0 saturated heterocycles. The molecule has 0 saturated carbocycles. The van der Waals surface area contributed by atoms with Gasteiger partial charge in [0.25, 0.3) is 0 Å². The van der Waals surface area contributed by atoms with E-state index in [1.807, 2.05) is 0 Å². The van der Waals surface area contributed by atoms with Crippen molar-refractivity contribution in [3.05, 3.63) is 0 Å². The summed E-state index contributed by atoms with van der Waals surface area (Å²) in [7, 11) is 0. The van der Waals surface area contributed by atoms with Crippen LogP contribution in [0.1, 0.15) is 19.3 Å². The zero-order valence-electron chi connectivity index (χ0n) is 16.4. The molecule has 0 aliphatic carbocycles. The third-order valence-electron chi connectivity index (χ3n) is 3.84. The lowest BCUT2D eigenvalue weighted by Gasteiger charge is -2.31. The smallest absolute Gasteiger partial charge is 0.141 e. The number of aliphatic hydroxyl groups excluding tert-OH is 3. The number of ether oxygens (including phenoxy) is 3. The summed E-state index contributed by atoms with van der Waals surface area (Å²) in [5, 5.41) is 64.2. The minimum atomic E-state index is -1.58. The Morgan fingerprint density at radius 1 is 0.700 bits per heavy atom. The maximum Gasteiger partial charge on any atom is 0.141 e. The van der Waals surface area contributed by atoms with Gasteiger partial charge in [-0.1, -0.05) is 15.5 Å². The summed E-state index contributed by atoms with van der Waals surface area (Å²) in [6, 6.07) is 0. The van der Waals surface area contributed by atoms with E-state index >= 15 is 0 Å². The molecule has 4 atom stereocenters. The third kappa shape index (κ3) is 11.5. The average molecular weight is 440 g/mol. The van der Waals surface area contributed by atoms with Crippen LogP contribution in [0.15, 0.2) is 15.5 Å². The summed E-state index contributed by atoms with van der Waals surface area (Å²) in [4.78, 5) is 0. The standard InChI is InChI=1S/C15H32N6O9/c16-11(19-25)1-4-28-8-10(30-6-3-13(18)21-27)15(24)14(23)9(7-22)29-5-2-12(17)20-26/h9-10,14-15,22-27H,1-8H2,(H2,16,19)(H2,17,20)(H2,18,21). The normalized spacial score (nSPS) is 17.5. The Labute approximate surface area is 173 Å². The molecular weight excluding hydrogens is 408 g/mol. The lowest BCUT2D eigenvalue weighted by Crippen LogP contribution is -2.49. The van der Waals surface area contributed by atoms with Crippen molar-refractivity contribution in [2.75, 3.05) is 33.0 Å². The van der Waals surface area contributed by atoms with E-state index in [1.54, 1.807) is 0 Å². The van der Waals surface area contributed by atoms with Crippen LogP contribution in [-0.4, -0.2) is 106 Å². The van der Waals surface area contributed by atoms with Crippen LogP contribution in [0.3, 0.4) is 0 Å². The highest BCUT2D eigenvalue weighted by atomic mass is 16.5. The Kier molecular flexibility index (Phi) is 15.0. The monoisotopic (exact) mass is 440 g/mol. The van der Waals surface area contributed by atoms with Gasteiger partial charge in [-0.25, -0.2) is 0 Å². The van der Waals surface area contributed by atoms with Gasteiger partial charge in [-0.3, -0.25) is 0 Å². The number of amidine groups is 3. The maximum absolute atomic E-state index is 10.5. The second-order valence-electron chi connectivity index (χ2n) is 6.08. The predicted molar refractivity (Wildman–Crippen MR) is 103 cm³/mol. The number of oxime groups is 3. The molecule has 15 heteroatoms. The molecule has 176 valence electrons. The zero-order valence-corrected chi connectivity index (χ0v) is 16.4. The van der Waals surface area contributed by atoms with E-state index < -0.39 is 31.0 Å². The molecule has 4 unspecified atom stereocenters. The van der Waals surface area contributed by atoms with Crippen molar-refractivity contribution in [1.82, 2.24) is 0 Å². The fourth-order valence-electron chi connectivity index (χ4n) is 2.10. The summed E-state index contributed by atoms with van der Waals surface area (Å²) in [5.41, 5.74) is 16.0. The number of hydrogen-bond donors (Lipinski definition) is 9. The summed E-state index contributed by atoms with van der Waals surface area (Å²) in [5.74, 6) is -0.263. The van der Waals surface area contributed by atoms with Gasteiger partial charge in [0.15, 0.2) is 0 Å². The number of hydrogen-bond acceptors (Lipinski definition) is 12. The summed E-state index contributed by atoms with van der Waals surface area (Å²) < 4.78 is 16.0. The molecule has 0 fully saturated rings. The van der Waals surface area contributed by atoms with Crippen LogP contribution < -0.4 is 17.2 Å². The molecule has 0 spiro atoms. The molecule has 0 bridgehead atoms. The summed E-state index contributed by atoms with van der Waals surface area (Å²) in [6.07, 6.45) is -5.22. The van der Waals surface area contributed by atoms with Crippen molar-refractivity contribution >= 4 is 17.5 Å². The first-order chi connectivity index (χ1) is 14.3. The SMILES string of the molecule is NC(CCOCC(OCCC(N)=NO)C(O)C(O)C(CO)OCCC(N)=NO)=NO. The van der Waals surface area contributed by atoms with Crippen LogP contribution in [0, 0.1) is 0 Å². The quantitative estimate of drug-likeness (QED) is 0.0358. The van der Waals surface area contributed by atoms with Gasteiger partial charge in [0, 0.05) is 19.3 Å². The predicted octanol–water partition coefficient (Wildman–Crippen LogP) is -3.10. The largest absolute Gasteiger partial charge is 0.409 e. The van der Waals surface area contributed by atoms with Gasteiger partial charge in [0.05, 0.1) is 33.0 Å². The van der Waals surface area contributed by atoms with Crippen molar-refractivity contribution in [3.63, 3.8) is 0 Å². The molecule has 0 radical (unpaired) electrons. The van der Waals surface area contributed by atoms with Crippen molar-refractivity contribution in [3.8, 4) is 0 Å². The van der Waals surface area contributed by atoms with Gasteiger partial charge in [-0.15, -0.1) is 0 Å². The van der Waals surface area contributed by atoms with E-state index in [9.17, 15) is 15.3 Å². The van der Waals surface area contributed by atoms with E-state index in [1.165, 1.54) is 0 Å². The number of nitrogens with zero attached hydrogens (tertiary/aromatic N) is 3. The lowest BCUT2D eigenvalue weighted by atomic mass is 10.0. The van der Waals surface area contributed by atoms with Gasteiger partial charge >= 0.3 is 0 Å². The van der Waals surface area contributed by atoms with E-state index in [0.29, 0.717) is 0 Å². The van der Waals surface area contributed by atoms with Crippen LogP contribution in [-0.2, 0) is 14.2 Å². The highest BCUT2D eigenvalue weighted by molar-refractivity contribution is 5.80. The molecular formula is C15H32N6O9. The number of nitrogens with two attached hydrogens (primary N) is 3. The van der Waals surface area contributed by atoms with Gasteiger partial charge < -0.3 is 62.4 Å². The number of rotatable bonds is 17. The fraction of sp³-hybridized carbons (Fsp3) is 0.800. The third-order valence-corrected chi connectivity index (χ3v) is 3.84. The van der Waals surface area contributed by atoms with Crippen molar-refractivity contribution in [1.29, 1.82) is 0 Å². The first kappa shape index (κ1) is 27.6. The molecule has 0 aliphatic rings. The molecule has 0 heterocycles. The minimum Gasteiger partial charge on any atom is -0.409 e. The molecule has 0 rings (SSSR count). The topological polar surface area (TPSA) is 264 Å². The first-order valence-corrected chi connectivity index (χ1v) is 8.97. The molecule has 0 amide bonds. The average Bonchev–Trinajstić information content (AvgIpc) is 2.76. The maximum atomic E-state index is 10.5. The Morgan fingerprint density at radius 2 is 1.10 bits per heavy atom. The fourth-order valence-corrected chi connectivity index (χ4v) is 2.10. The summed E-state index contributed by atoms with van der Waals surface area (Å²) >= 11 is 0. The first-order valence-electron chi connectivity index (χ1n) is 8.97. The van der Waals surface area contributed by atoms with Crippen molar-refractivity contribution in [2.45, 2.75) is 43.7 Å². The molecule has 0 aromatic heterocycles. The molecule has 0 aromatic rings. The molecule has 15 nitrogen and oxygen atoms in total. The second kappa shape index (κ2) is 16.4. The van der Waals surface area contributed by atoms with Crippen LogP contribution in [0.2, 0.25) is 0 Å². The second-order valence-corrected chi connectivity index (χ2v) is 6.08. The zero-order chi connectivity index (χ0) is 22.9. The Balaban J connectivity index is 4.89. The molecule has 0 aliphatic heterocycles. The van der Waals surface area contributed by atoms with Crippen LogP contribution >= 0.6 is 0 Å². The van der Waals surface area contributed by atoms with E-state index in [4.69, 9.17) is 47.0 Å². The lowest BCUT2D eigenvalue weighted by molar-refractivity contribution is -0.157. The van der Waals surface area contributed by atoms with Gasteiger partial charge in [0.2, 0.25) is 0 Å². The molecule has 30 heavy (non-hydrogen) atoms. The van der Waals surface area contributed by atoms with Crippen molar-refractivity contribution in [2.24, 2.45) is 32.7 Å².